The van der Waals surface area contributed by atoms with Gasteiger partial charge in [-0.25, -0.2) is 4.39 Å². The van der Waals surface area contributed by atoms with Crippen molar-refractivity contribution < 1.29 is 14.0 Å². The molecule has 5 nitrogen and oxygen atoms in total. The molecule has 1 aliphatic rings. The number of hydrogen-bond acceptors (Lipinski definition) is 3. The highest BCUT2D eigenvalue weighted by Gasteiger charge is 2.22. The predicted octanol–water partition coefficient (Wildman–Crippen LogP) is 2.87. The Labute approximate surface area is 139 Å². The Morgan fingerprint density at radius 1 is 1.25 bits per heavy atom. The van der Waals surface area contributed by atoms with Gasteiger partial charge in [-0.05, 0) is 56.5 Å². The van der Waals surface area contributed by atoms with Crippen molar-refractivity contribution in [1.82, 2.24) is 10.3 Å². The Balaban J connectivity index is 1.91. The van der Waals surface area contributed by atoms with Crippen molar-refractivity contribution in [3.8, 4) is 0 Å². The number of amides is 1. The number of carbonyl (C=O) groups is 2. The molecule has 2 heterocycles. The molecule has 3 rings (SSSR count). The number of hydrogen-bond donors (Lipinski definition) is 3. The third-order valence-corrected chi connectivity index (χ3v) is 4.47. The van der Waals surface area contributed by atoms with E-state index in [1.54, 1.807) is 19.9 Å². The van der Waals surface area contributed by atoms with Gasteiger partial charge in [0, 0.05) is 17.8 Å². The van der Waals surface area contributed by atoms with E-state index in [1.165, 1.54) is 6.92 Å². The summed E-state index contributed by atoms with van der Waals surface area (Å²) in [4.78, 5) is 27.1. The minimum atomic E-state index is -0.448. The van der Waals surface area contributed by atoms with Crippen molar-refractivity contribution in [2.45, 2.75) is 33.7 Å². The van der Waals surface area contributed by atoms with Crippen LogP contribution in [0.15, 0.2) is 12.1 Å². The molecule has 1 aromatic heterocycles. The second-order valence-corrected chi connectivity index (χ2v) is 6.13. The molecule has 0 aliphatic carbocycles. The maximum absolute atomic E-state index is 14.6. The topological polar surface area (TPSA) is 74.0 Å². The molecule has 0 bridgehead atoms. The Hall–Kier alpha value is -2.47. The van der Waals surface area contributed by atoms with Crippen LogP contribution in [0, 0.1) is 19.7 Å². The third-order valence-electron chi connectivity index (χ3n) is 4.47. The Morgan fingerprint density at radius 3 is 2.67 bits per heavy atom. The summed E-state index contributed by atoms with van der Waals surface area (Å²) in [7, 11) is 0. The van der Waals surface area contributed by atoms with E-state index in [0.717, 1.165) is 12.1 Å². The van der Waals surface area contributed by atoms with Gasteiger partial charge < -0.3 is 15.6 Å². The van der Waals surface area contributed by atoms with Crippen LogP contribution in [0.5, 0.6) is 0 Å². The van der Waals surface area contributed by atoms with Gasteiger partial charge in [-0.2, -0.15) is 0 Å². The number of fused-ring (bicyclic) bond motifs is 1. The molecule has 24 heavy (non-hydrogen) atoms. The van der Waals surface area contributed by atoms with Crippen LogP contribution < -0.4 is 10.6 Å². The summed E-state index contributed by atoms with van der Waals surface area (Å²) in [6.07, 6.45) is 0.597. The molecule has 2 aromatic rings. The molecule has 1 aliphatic heterocycles. The first-order valence-corrected chi connectivity index (χ1v) is 7.92. The van der Waals surface area contributed by atoms with Crippen LogP contribution in [-0.4, -0.2) is 23.2 Å². The number of nitrogens with one attached hydrogen (secondary N) is 3. The van der Waals surface area contributed by atoms with E-state index in [9.17, 15) is 14.0 Å². The zero-order chi connectivity index (χ0) is 17.4. The Morgan fingerprint density at radius 2 is 2.00 bits per heavy atom. The van der Waals surface area contributed by atoms with Gasteiger partial charge in [-0.15, -0.1) is 0 Å². The lowest BCUT2D eigenvalue weighted by Gasteiger charge is -2.19. The number of aromatic amines is 1. The Bertz CT molecular complexity index is 839. The van der Waals surface area contributed by atoms with Crippen molar-refractivity contribution in [2.75, 3.05) is 11.9 Å². The molecule has 0 saturated heterocycles. The van der Waals surface area contributed by atoms with Gasteiger partial charge in [0.05, 0.1) is 5.69 Å². The van der Waals surface area contributed by atoms with Crippen LogP contribution >= 0.6 is 0 Å². The van der Waals surface area contributed by atoms with E-state index in [1.807, 2.05) is 6.07 Å². The normalized spacial score (nSPS) is 13.5. The molecule has 3 N–H and O–H groups in total. The molecule has 0 saturated carbocycles. The first-order valence-electron chi connectivity index (χ1n) is 7.92. The molecule has 0 fully saturated rings. The minimum Gasteiger partial charge on any atom is -0.354 e. The molecule has 0 radical (unpaired) electrons. The second-order valence-electron chi connectivity index (χ2n) is 6.13. The van der Waals surface area contributed by atoms with Crippen molar-refractivity contribution in [3.63, 3.8) is 0 Å². The summed E-state index contributed by atoms with van der Waals surface area (Å²) in [6.45, 7) is 6.27. The number of ketones is 1. The highest BCUT2D eigenvalue weighted by Crippen LogP contribution is 2.26. The van der Waals surface area contributed by atoms with Crippen molar-refractivity contribution in [1.29, 1.82) is 0 Å². The number of halogens is 1. The lowest BCUT2D eigenvalue weighted by atomic mass is 9.99. The van der Waals surface area contributed by atoms with Gasteiger partial charge in [-0.3, -0.25) is 9.59 Å². The fourth-order valence-corrected chi connectivity index (χ4v) is 3.32. The van der Waals surface area contributed by atoms with E-state index in [-0.39, 0.29) is 23.0 Å². The SMILES string of the molecule is CC(=O)c1c(C)[nH]c(C(=O)Nc2ccc3c(c2F)CCNC3)c1C. The fraction of sp³-hybridized carbons (Fsp3) is 0.333. The summed E-state index contributed by atoms with van der Waals surface area (Å²) < 4.78 is 14.6. The quantitative estimate of drug-likeness (QED) is 0.758. The minimum absolute atomic E-state index is 0.104. The first kappa shape index (κ1) is 16.4. The maximum atomic E-state index is 14.6. The molecule has 1 aromatic carbocycles. The van der Waals surface area contributed by atoms with Gasteiger partial charge in [0.1, 0.15) is 11.5 Å². The monoisotopic (exact) mass is 329 g/mol. The van der Waals surface area contributed by atoms with E-state index in [4.69, 9.17) is 0 Å². The summed E-state index contributed by atoms with van der Waals surface area (Å²) in [6, 6.07) is 3.41. The maximum Gasteiger partial charge on any atom is 0.272 e. The Kier molecular flexibility index (Phi) is 4.24. The fourth-order valence-electron chi connectivity index (χ4n) is 3.32. The molecular formula is C18H20FN3O2. The average Bonchev–Trinajstić information content (AvgIpc) is 2.85. The number of aryl methyl sites for hydroxylation is 1. The van der Waals surface area contributed by atoms with E-state index in [0.29, 0.717) is 35.3 Å². The van der Waals surface area contributed by atoms with Crippen LogP contribution in [0.25, 0.3) is 0 Å². The standard InChI is InChI=1S/C18H20FN3O2/c1-9-15(11(3)23)10(2)21-17(9)18(24)22-14-5-4-12-8-20-7-6-13(12)16(14)19/h4-5,20-21H,6-8H2,1-3H3,(H,22,24). The highest BCUT2D eigenvalue weighted by molar-refractivity contribution is 6.07. The number of Topliss-reactive ketones (excluding diaryl/α,β-unsaturated/α-hetero) is 1. The van der Waals surface area contributed by atoms with Crippen LogP contribution in [-0.2, 0) is 13.0 Å². The number of benzene rings is 1. The lowest BCUT2D eigenvalue weighted by molar-refractivity contribution is 0.101. The molecule has 6 heteroatoms. The number of aromatic nitrogens is 1. The van der Waals surface area contributed by atoms with E-state index in [2.05, 4.69) is 15.6 Å². The van der Waals surface area contributed by atoms with Crippen LogP contribution in [0.2, 0.25) is 0 Å². The highest BCUT2D eigenvalue weighted by atomic mass is 19.1. The molecule has 0 spiro atoms. The largest absolute Gasteiger partial charge is 0.354 e. The average molecular weight is 329 g/mol. The van der Waals surface area contributed by atoms with Gasteiger partial charge in [0.25, 0.3) is 5.91 Å². The molecule has 126 valence electrons. The van der Waals surface area contributed by atoms with E-state index >= 15 is 0 Å². The van der Waals surface area contributed by atoms with Crippen LogP contribution in [0.1, 0.15) is 50.2 Å². The number of H-pyrrole nitrogens is 1. The molecular weight excluding hydrogens is 309 g/mol. The third kappa shape index (κ3) is 2.73. The van der Waals surface area contributed by atoms with Crippen LogP contribution in [0.4, 0.5) is 10.1 Å². The lowest BCUT2D eigenvalue weighted by Crippen LogP contribution is -2.25. The smallest absolute Gasteiger partial charge is 0.272 e. The summed E-state index contributed by atoms with van der Waals surface area (Å²) >= 11 is 0. The van der Waals surface area contributed by atoms with Crippen molar-refractivity contribution >= 4 is 17.4 Å². The van der Waals surface area contributed by atoms with Gasteiger partial charge >= 0.3 is 0 Å². The van der Waals surface area contributed by atoms with Crippen LogP contribution in [0.3, 0.4) is 0 Å². The number of anilines is 1. The zero-order valence-corrected chi connectivity index (χ0v) is 14.0. The van der Waals surface area contributed by atoms with Crippen molar-refractivity contribution in [3.05, 3.63) is 51.6 Å². The summed E-state index contributed by atoms with van der Waals surface area (Å²) in [5, 5.41) is 5.81. The van der Waals surface area contributed by atoms with E-state index < -0.39 is 5.91 Å². The zero-order valence-electron chi connectivity index (χ0n) is 14.0. The molecule has 0 unspecified atom stereocenters. The first-order chi connectivity index (χ1) is 11.4. The van der Waals surface area contributed by atoms with Gasteiger partial charge in [0.15, 0.2) is 5.78 Å². The number of rotatable bonds is 3. The summed E-state index contributed by atoms with van der Waals surface area (Å²) in [5.41, 5.74) is 3.75. The predicted molar refractivity (Wildman–Crippen MR) is 90.0 cm³/mol. The summed E-state index contributed by atoms with van der Waals surface area (Å²) in [5.74, 6) is -0.932. The van der Waals surface area contributed by atoms with Crippen molar-refractivity contribution in [2.24, 2.45) is 0 Å². The molecule has 0 atom stereocenters. The van der Waals surface area contributed by atoms with Gasteiger partial charge in [0.2, 0.25) is 0 Å². The molecule has 1 amide bonds. The number of carbonyl (C=O) groups excluding carboxylic acids is 2. The second kappa shape index (κ2) is 6.20. The van der Waals surface area contributed by atoms with Gasteiger partial charge in [-0.1, -0.05) is 6.07 Å².